The zero-order chi connectivity index (χ0) is 19.8. The van der Waals surface area contributed by atoms with Crippen molar-refractivity contribution in [2.45, 2.75) is 32.9 Å². The van der Waals surface area contributed by atoms with Gasteiger partial charge in [0, 0.05) is 28.8 Å². The number of carbonyl (C=O) groups excluding carboxylic acids is 1. The topological polar surface area (TPSA) is 65.1 Å². The number of pyridine rings is 1. The summed E-state index contributed by atoms with van der Waals surface area (Å²) in [5, 5.41) is 1.24. The zero-order valence-corrected chi connectivity index (χ0v) is 17.3. The van der Waals surface area contributed by atoms with Gasteiger partial charge in [-0.05, 0) is 50.1 Å². The van der Waals surface area contributed by atoms with E-state index in [0.717, 1.165) is 28.2 Å². The summed E-state index contributed by atoms with van der Waals surface area (Å²) < 4.78 is 0. The Morgan fingerprint density at radius 1 is 1.21 bits per heavy atom. The van der Waals surface area contributed by atoms with E-state index in [0.29, 0.717) is 36.1 Å². The molecule has 3 aromatic rings. The summed E-state index contributed by atoms with van der Waals surface area (Å²) >= 11 is 12.3. The molecular weight excluding hydrogens is 397 g/mol. The first-order valence-corrected chi connectivity index (χ1v) is 10.0. The number of benzene rings is 1. The van der Waals surface area contributed by atoms with Gasteiger partial charge in [0.05, 0.1) is 12.6 Å². The number of urea groups is 1. The monoisotopic (exact) mass is 417 g/mol. The molecule has 1 aliphatic heterocycles. The minimum atomic E-state index is 0.0159. The van der Waals surface area contributed by atoms with Crippen LogP contribution in [0.1, 0.15) is 24.0 Å². The number of fused-ring (bicyclic) bond motifs is 1. The van der Waals surface area contributed by atoms with Crippen LogP contribution in [0.5, 0.6) is 0 Å². The lowest BCUT2D eigenvalue weighted by atomic mass is 10.1. The van der Waals surface area contributed by atoms with Gasteiger partial charge in [-0.25, -0.2) is 14.8 Å². The highest BCUT2D eigenvalue weighted by molar-refractivity contribution is 6.35. The smallest absolute Gasteiger partial charge is 0.320 e. The molecule has 8 heteroatoms. The van der Waals surface area contributed by atoms with Gasteiger partial charge in [-0.2, -0.15) is 0 Å². The van der Waals surface area contributed by atoms with Crippen LogP contribution in [0.2, 0.25) is 10.0 Å². The number of carbonyl (C=O) groups is 1. The van der Waals surface area contributed by atoms with Crippen molar-refractivity contribution in [3.63, 3.8) is 0 Å². The summed E-state index contributed by atoms with van der Waals surface area (Å²) in [4.78, 5) is 28.8. The number of nitrogens with one attached hydrogen (secondary N) is 1. The van der Waals surface area contributed by atoms with Gasteiger partial charge >= 0.3 is 6.03 Å². The predicted molar refractivity (Wildman–Crippen MR) is 111 cm³/mol. The minimum absolute atomic E-state index is 0.0159. The predicted octanol–water partition coefficient (Wildman–Crippen LogP) is 4.44. The van der Waals surface area contributed by atoms with Crippen LogP contribution in [-0.4, -0.2) is 49.9 Å². The van der Waals surface area contributed by atoms with E-state index in [1.807, 2.05) is 47.9 Å². The number of aromatic nitrogens is 3. The third kappa shape index (κ3) is 3.66. The Bertz CT molecular complexity index is 1030. The van der Waals surface area contributed by atoms with E-state index in [1.54, 1.807) is 6.07 Å². The molecule has 0 radical (unpaired) electrons. The lowest BCUT2D eigenvalue weighted by Gasteiger charge is -2.21. The average Bonchev–Trinajstić information content (AvgIpc) is 3.17. The molecule has 2 aromatic heterocycles. The van der Waals surface area contributed by atoms with Crippen LogP contribution in [0, 0.1) is 6.92 Å². The Kier molecular flexibility index (Phi) is 5.17. The van der Waals surface area contributed by atoms with Crippen molar-refractivity contribution in [3.05, 3.63) is 57.5 Å². The van der Waals surface area contributed by atoms with Crippen LogP contribution in [0.15, 0.2) is 30.3 Å². The molecule has 1 fully saturated rings. The molecule has 1 saturated heterocycles. The van der Waals surface area contributed by atoms with Crippen molar-refractivity contribution in [2.24, 2.45) is 0 Å². The third-order valence-electron chi connectivity index (χ3n) is 5.07. The number of H-pyrrole nitrogens is 1. The highest BCUT2D eigenvalue weighted by Gasteiger charge is 2.36. The molecule has 1 N–H and O–H groups in total. The minimum Gasteiger partial charge on any atom is -0.325 e. The zero-order valence-electron chi connectivity index (χ0n) is 15.7. The fraction of sp³-hybridized carbons (Fsp3) is 0.350. The van der Waals surface area contributed by atoms with E-state index in [9.17, 15) is 4.79 Å². The van der Waals surface area contributed by atoms with E-state index < -0.39 is 0 Å². The molecule has 3 heterocycles. The molecule has 0 aliphatic carbocycles. The second kappa shape index (κ2) is 7.60. The van der Waals surface area contributed by atoms with E-state index in [2.05, 4.69) is 15.0 Å². The van der Waals surface area contributed by atoms with Crippen LogP contribution < -0.4 is 0 Å². The van der Waals surface area contributed by atoms with Crippen LogP contribution in [0.3, 0.4) is 0 Å². The van der Waals surface area contributed by atoms with Gasteiger partial charge in [-0.15, -0.1) is 0 Å². The summed E-state index contributed by atoms with van der Waals surface area (Å²) in [5.74, 6) is 0.739. The summed E-state index contributed by atoms with van der Waals surface area (Å²) in [6.07, 6.45) is 0.687. The molecule has 146 valence electrons. The number of hydrogen-bond donors (Lipinski definition) is 1. The second-order valence-corrected chi connectivity index (χ2v) is 7.89. The quantitative estimate of drug-likeness (QED) is 0.666. The Balaban J connectivity index is 1.52. The lowest BCUT2D eigenvalue weighted by Crippen LogP contribution is -2.35. The number of nitrogens with zero attached hydrogens (tertiary/aromatic N) is 4. The molecule has 0 saturated carbocycles. The number of likely N-dealkylation sites (N-methyl/N-ethyl adjacent to an activating group) is 1. The maximum absolute atomic E-state index is 12.9. The maximum atomic E-state index is 12.9. The standard InChI is InChI=1S/C20H21Cl2N5O/c1-3-27-15(8-13-5-6-14(21)9-16(13)22)10-26(20(27)28)11-18-24-17-7-4-12(2)23-19(17)25-18/h4-7,9,15H,3,8,10-11H2,1-2H3,(H,23,24,25). The van der Waals surface area contributed by atoms with Crippen LogP contribution >= 0.6 is 23.2 Å². The van der Waals surface area contributed by atoms with Gasteiger partial charge in [0.15, 0.2) is 5.65 Å². The van der Waals surface area contributed by atoms with Gasteiger partial charge in [-0.1, -0.05) is 29.3 Å². The highest BCUT2D eigenvalue weighted by atomic mass is 35.5. The van der Waals surface area contributed by atoms with Crippen molar-refractivity contribution < 1.29 is 4.79 Å². The number of aromatic amines is 1. The Labute approximate surface area is 173 Å². The first kappa shape index (κ1) is 19.0. The SMILES string of the molecule is CCN1C(=O)N(Cc2nc3ccc(C)nc3[nH]2)CC1Cc1ccc(Cl)cc1Cl. The first-order valence-electron chi connectivity index (χ1n) is 9.26. The van der Waals surface area contributed by atoms with Gasteiger partial charge < -0.3 is 14.8 Å². The van der Waals surface area contributed by atoms with Gasteiger partial charge in [-0.3, -0.25) is 0 Å². The molecule has 2 amide bonds. The molecule has 1 unspecified atom stereocenters. The molecule has 1 aliphatic rings. The number of imidazole rings is 1. The van der Waals surface area contributed by atoms with Gasteiger partial charge in [0.1, 0.15) is 11.3 Å². The maximum Gasteiger partial charge on any atom is 0.320 e. The second-order valence-electron chi connectivity index (χ2n) is 7.05. The molecule has 0 bridgehead atoms. The van der Waals surface area contributed by atoms with E-state index >= 15 is 0 Å². The number of hydrogen-bond acceptors (Lipinski definition) is 3. The number of rotatable bonds is 5. The van der Waals surface area contributed by atoms with Gasteiger partial charge in [0.25, 0.3) is 0 Å². The number of halogens is 2. The molecular formula is C20H21Cl2N5O. The molecule has 0 spiro atoms. The molecule has 1 atom stereocenters. The van der Waals surface area contributed by atoms with Crippen molar-refractivity contribution in [2.75, 3.05) is 13.1 Å². The number of amides is 2. The normalized spacial score (nSPS) is 17.1. The summed E-state index contributed by atoms with van der Waals surface area (Å²) in [5.41, 5.74) is 3.48. The first-order chi connectivity index (χ1) is 13.4. The fourth-order valence-electron chi connectivity index (χ4n) is 3.71. The average molecular weight is 418 g/mol. The Morgan fingerprint density at radius 2 is 2.04 bits per heavy atom. The summed E-state index contributed by atoms with van der Waals surface area (Å²) in [6, 6.07) is 9.44. The molecule has 28 heavy (non-hydrogen) atoms. The largest absolute Gasteiger partial charge is 0.325 e. The molecule has 4 rings (SSSR count). The number of aryl methyl sites for hydroxylation is 1. The van der Waals surface area contributed by atoms with Crippen molar-refractivity contribution in [3.8, 4) is 0 Å². The van der Waals surface area contributed by atoms with Crippen molar-refractivity contribution >= 4 is 40.4 Å². The third-order valence-corrected chi connectivity index (χ3v) is 5.66. The van der Waals surface area contributed by atoms with E-state index in [4.69, 9.17) is 23.2 Å². The summed E-state index contributed by atoms with van der Waals surface area (Å²) in [6.45, 7) is 5.62. The van der Waals surface area contributed by atoms with Gasteiger partial charge in [0.2, 0.25) is 0 Å². The Hall–Kier alpha value is -2.31. The van der Waals surface area contributed by atoms with E-state index in [-0.39, 0.29) is 12.1 Å². The summed E-state index contributed by atoms with van der Waals surface area (Å²) in [7, 11) is 0. The van der Waals surface area contributed by atoms with Crippen molar-refractivity contribution in [1.29, 1.82) is 0 Å². The van der Waals surface area contributed by atoms with Crippen LogP contribution in [-0.2, 0) is 13.0 Å². The van der Waals surface area contributed by atoms with Crippen LogP contribution in [0.25, 0.3) is 11.2 Å². The lowest BCUT2D eigenvalue weighted by molar-refractivity contribution is 0.186. The Morgan fingerprint density at radius 3 is 2.79 bits per heavy atom. The molecule has 1 aromatic carbocycles. The highest BCUT2D eigenvalue weighted by Crippen LogP contribution is 2.26. The van der Waals surface area contributed by atoms with Crippen LogP contribution in [0.4, 0.5) is 4.79 Å². The van der Waals surface area contributed by atoms with Crippen molar-refractivity contribution in [1.82, 2.24) is 24.8 Å². The fourth-order valence-corrected chi connectivity index (χ4v) is 4.19. The molecule has 6 nitrogen and oxygen atoms in total. The van der Waals surface area contributed by atoms with E-state index in [1.165, 1.54) is 0 Å².